The zero-order chi connectivity index (χ0) is 15.4. The molecular weight excluding hydrogens is 302 g/mol. The molecule has 3 aromatic rings. The number of aromatic nitrogens is 2. The molecule has 0 radical (unpaired) electrons. The number of para-hydroxylation sites is 1. The van der Waals surface area contributed by atoms with Crippen molar-refractivity contribution in [1.29, 1.82) is 0 Å². The molecule has 1 aromatic carbocycles. The van der Waals surface area contributed by atoms with Crippen LogP contribution in [0.1, 0.15) is 10.4 Å². The van der Waals surface area contributed by atoms with Crippen molar-refractivity contribution in [2.75, 3.05) is 11.9 Å². The molecule has 0 aliphatic rings. The summed E-state index contributed by atoms with van der Waals surface area (Å²) < 4.78 is 5.90. The first-order valence-electron chi connectivity index (χ1n) is 6.45. The van der Waals surface area contributed by atoms with Crippen LogP contribution in [0.3, 0.4) is 0 Å². The number of nitrogens with one attached hydrogen (secondary N) is 1. The van der Waals surface area contributed by atoms with Gasteiger partial charge in [0, 0.05) is 12.4 Å². The molecule has 22 heavy (non-hydrogen) atoms. The standard InChI is InChI=1S/C15H11N3O3S/c19-13(9-21-14(20)10-4-3-7-16-8-10)18-15-17-11-5-1-2-6-12(11)22-15/h1-8H,9H2,(H,17,18,19). The number of carbonyl (C=O) groups is 2. The second-order valence-electron chi connectivity index (χ2n) is 4.35. The molecule has 2 aromatic heterocycles. The Labute approximate surface area is 129 Å². The van der Waals surface area contributed by atoms with Crippen LogP contribution in [-0.2, 0) is 9.53 Å². The van der Waals surface area contributed by atoms with Crippen molar-refractivity contribution < 1.29 is 14.3 Å². The Morgan fingerprint density at radius 2 is 2.05 bits per heavy atom. The van der Waals surface area contributed by atoms with Gasteiger partial charge in [-0.2, -0.15) is 0 Å². The maximum atomic E-state index is 11.8. The van der Waals surface area contributed by atoms with E-state index in [1.807, 2.05) is 24.3 Å². The Hall–Kier alpha value is -2.80. The SMILES string of the molecule is O=C(COC(=O)c1cccnc1)Nc1nc2ccccc2s1. The minimum Gasteiger partial charge on any atom is -0.452 e. The van der Waals surface area contributed by atoms with E-state index in [2.05, 4.69) is 15.3 Å². The molecule has 0 saturated heterocycles. The van der Waals surface area contributed by atoms with Gasteiger partial charge >= 0.3 is 5.97 Å². The second-order valence-corrected chi connectivity index (χ2v) is 5.38. The number of carbonyl (C=O) groups excluding carboxylic acids is 2. The minimum atomic E-state index is -0.590. The van der Waals surface area contributed by atoms with Crippen LogP contribution in [0.4, 0.5) is 5.13 Å². The molecule has 110 valence electrons. The molecule has 0 bridgehead atoms. The van der Waals surface area contributed by atoms with Gasteiger partial charge in [-0.3, -0.25) is 15.1 Å². The quantitative estimate of drug-likeness (QED) is 0.748. The molecule has 1 amide bonds. The first-order valence-corrected chi connectivity index (χ1v) is 7.26. The van der Waals surface area contributed by atoms with E-state index < -0.39 is 11.9 Å². The fraction of sp³-hybridized carbons (Fsp3) is 0.0667. The number of fused-ring (bicyclic) bond motifs is 1. The van der Waals surface area contributed by atoms with E-state index in [1.54, 1.807) is 18.3 Å². The van der Waals surface area contributed by atoms with Crippen LogP contribution < -0.4 is 5.32 Å². The summed E-state index contributed by atoms with van der Waals surface area (Å²) in [6.07, 6.45) is 2.93. The number of pyridine rings is 1. The number of hydrogen-bond donors (Lipinski definition) is 1. The lowest BCUT2D eigenvalue weighted by Gasteiger charge is -2.04. The lowest BCUT2D eigenvalue weighted by molar-refractivity contribution is -0.119. The Morgan fingerprint density at radius 3 is 2.82 bits per heavy atom. The largest absolute Gasteiger partial charge is 0.452 e. The molecule has 1 N–H and O–H groups in total. The van der Waals surface area contributed by atoms with Crippen molar-refractivity contribution in [1.82, 2.24) is 9.97 Å². The van der Waals surface area contributed by atoms with Crippen LogP contribution in [0.2, 0.25) is 0 Å². The number of hydrogen-bond acceptors (Lipinski definition) is 6. The van der Waals surface area contributed by atoms with Crippen molar-refractivity contribution in [2.45, 2.75) is 0 Å². The molecule has 0 atom stereocenters. The van der Waals surface area contributed by atoms with Crippen molar-refractivity contribution in [3.63, 3.8) is 0 Å². The van der Waals surface area contributed by atoms with Crippen molar-refractivity contribution in [3.05, 3.63) is 54.4 Å². The summed E-state index contributed by atoms with van der Waals surface area (Å²) in [5, 5.41) is 3.09. The molecule has 0 spiro atoms. The molecule has 6 nitrogen and oxygen atoms in total. The number of rotatable bonds is 4. The zero-order valence-electron chi connectivity index (χ0n) is 11.4. The van der Waals surface area contributed by atoms with Gasteiger partial charge in [-0.05, 0) is 24.3 Å². The predicted molar refractivity (Wildman–Crippen MR) is 82.8 cm³/mol. The Balaban J connectivity index is 1.57. The van der Waals surface area contributed by atoms with E-state index in [1.165, 1.54) is 17.5 Å². The summed E-state index contributed by atoms with van der Waals surface area (Å²) in [6.45, 7) is -0.371. The Morgan fingerprint density at radius 1 is 1.18 bits per heavy atom. The molecule has 2 heterocycles. The smallest absolute Gasteiger partial charge is 0.340 e. The normalized spacial score (nSPS) is 10.4. The van der Waals surface area contributed by atoms with Crippen LogP contribution in [0.25, 0.3) is 10.2 Å². The van der Waals surface area contributed by atoms with Gasteiger partial charge in [0.15, 0.2) is 11.7 Å². The maximum Gasteiger partial charge on any atom is 0.340 e. The summed E-state index contributed by atoms with van der Waals surface area (Å²) in [6, 6.07) is 10.8. The van der Waals surface area contributed by atoms with E-state index in [0.717, 1.165) is 10.2 Å². The van der Waals surface area contributed by atoms with Gasteiger partial charge in [-0.25, -0.2) is 9.78 Å². The number of ether oxygens (including phenoxy) is 1. The van der Waals surface area contributed by atoms with Crippen molar-refractivity contribution in [2.24, 2.45) is 0 Å². The maximum absolute atomic E-state index is 11.8. The lowest BCUT2D eigenvalue weighted by atomic mass is 10.3. The molecule has 0 aliphatic heterocycles. The number of benzene rings is 1. The van der Waals surface area contributed by atoms with E-state index >= 15 is 0 Å². The number of amides is 1. The van der Waals surface area contributed by atoms with Crippen molar-refractivity contribution in [3.8, 4) is 0 Å². The summed E-state index contributed by atoms with van der Waals surface area (Å²) in [7, 11) is 0. The molecule has 0 saturated carbocycles. The average molecular weight is 313 g/mol. The molecular formula is C15H11N3O3S. The highest BCUT2D eigenvalue weighted by Crippen LogP contribution is 2.25. The van der Waals surface area contributed by atoms with Gasteiger partial charge < -0.3 is 4.74 Å². The number of thiazole rings is 1. The van der Waals surface area contributed by atoms with Crippen LogP contribution in [0, 0.1) is 0 Å². The van der Waals surface area contributed by atoms with Gasteiger partial charge in [-0.15, -0.1) is 0 Å². The van der Waals surface area contributed by atoms with E-state index in [-0.39, 0.29) is 6.61 Å². The van der Waals surface area contributed by atoms with Crippen molar-refractivity contribution >= 4 is 38.6 Å². The summed E-state index contributed by atoms with van der Waals surface area (Å²) in [4.78, 5) is 31.6. The van der Waals surface area contributed by atoms with Gasteiger partial charge in [0.05, 0.1) is 15.8 Å². The third-order valence-electron chi connectivity index (χ3n) is 2.77. The molecule has 0 aliphatic carbocycles. The van der Waals surface area contributed by atoms with E-state index in [9.17, 15) is 9.59 Å². The monoisotopic (exact) mass is 313 g/mol. The number of nitrogens with zero attached hydrogens (tertiary/aromatic N) is 2. The highest BCUT2D eigenvalue weighted by Gasteiger charge is 2.12. The highest BCUT2D eigenvalue weighted by atomic mass is 32.1. The van der Waals surface area contributed by atoms with Crippen LogP contribution in [0.15, 0.2) is 48.8 Å². The second kappa shape index (κ2) is 6.31. The van der Waals surface area contributed by atoms with Crippen LogP contribution in [0.5, 0.6) is 0 Å². The summed E-state index contributed by atoms with van der Waals surface area (Å²) in [5.74, 6) is -1.02. The van der Waals surface area contributed by atoms with Gasteiger partial charge in [0.2, 0.25) is 0 Å². The number of anilines is 1. The summed E-state index contributed by atoms with van der Waals surface area (Å²) in [5.41, 5.74) is 1.12. The van der Waals surface area contributed by atoms with Gasteiger partial charge in [0.1, 0.15) is 0 Å². The minimum absolute atomic E-state index is 0.301. The van der Waals surface area contributed by atoms with Crippen LogP contribution >= 0.6 is 11.3 Å². The molecule has 3 rings (SSSR count). The fourth-order valence-corrected chi connectivity index (χ4v) is 2.66. The Bertz CT molecular complexity index is 784. The fourth-order valence-electron chi connectivity index (χ4n) is 1.78. The topological polar surface area (TPSA) is 81.2 Å². The lowest BCUT2D eigenvalue weighted by Crippen LogP contribution is -2.20. The predicted octanol–water partition coefficient (Wildman–Crippen LogP) is 2.49. The third kappa shape index (κ3) is 3.26. The Kier molecular flexibility index (Phi) is 4.06. The molecule has 0 fully saturated rings. The zero-order valence-corrected chi connectivity index (χ0v) is 12.2. The van der Waals surface area contributed by atoms with E-state index in [4.69, 9.17) is 4.74 Å². The average Bonchev–Trinajstić information content (AvgIpc) is 2.95. The molecule has 0 unspecified atom stereocenters. The van der Waals surface area contributed by atoms with Crippen LogP contribution in [-0.4, -0.2) is 28.5 Å². The highest BCUT2D eigenvalue weighted by molar-refractivity contribution is 7.22. The first kappa shape index (κ1) is 14.2. The van der Waals surface area contributed by atoms with Gasteiger partial charge in [0.25, 0.3) is 5.91 Å². The number of esters is 1. The molecule has 7 heteroatoms. The van der Waals surface area contributed by atoms with Gasteiger partial charge in [-0.1, -0.05) is 23.5 Å². The van der Waals surface area contributed by atoms with E-state index in [0.29, 0.717) is 10.7 Å². The first-order chi connectivity index (χ1) is 10.7. The third-order valence-corrected chi connectivity index (χ3v) is 3.72. The summed E-state index contributed by atoms with van der Waals surface area (Å²) >= 11 is 1.36.